The van der Waals surface area contributed by atoms with Gasteiger partial charge in [0.1, 0.15) is 5.82 Å². The number of aromatic nitrogens is 2. The van der Waals surface area contributed by atoms with E-state index >= 15 is 0 Å². The van der Waals surface area contributed by atoms with E-state index in [1.807, 2.05) is 18.2 Å². The van der Waals surface area contributed by atoms with Crippen molar-refractivity contribution in [2.24, 2.45) is 11.7 Å². The molecule has 1 unspecified atom stereocenters. The second-order valence-electron chi connectivity index (χ2n) is 5.54. The number of hydrogen-bond donors (Lipinski definition) is 1. The third-order valence-electron chi connectivity index (χ3n) is 4.03. The average Bonchev–Trinajstić information content (AvgIpc) is 3.24. The highest BCUT2D eigenvalue weighted by atomic mass is 35.5. The molecule has 2 saturated carbocycles. The molecule has 0 amide bonds. The van der Waals surface area contributed by atoms with E-state index in [-0.39, 0.29) is 6.04 Å². The molecule has 1 atom stereocenters. The Bertz CT molecular complexity index is 611. The number of para-hydroxylation sites is 1. The zero-order valence-electron chi connectivity index (χ0n) is 10.1. The fourth-order valence-corrected chi connectivity index (χ4v) is 2.99. The van der Waals surface area contributed by atoms with Gasteiger partial charge in [-0.05, 0) is 43.7 Å². The van der Waals surface area contributed by atoms with Gasteiger partial charge in [-0.1, -0.05) is 17.7 Å². The van der Waals surface area contributed by atoms with Crippen molar-refractivity contribution in [3.63, 3.8) is 0 Å². The molecule has 1 aromatic carbocycles. The maximum Gasteiger partial charge on any atom is 0.127 e. The zero-order valence-corrected chi connectivity index (χ0v) is 10.9. The van der Waals surface area contributed by atoms with Gasteiger partial charge >= 0.3 is 0 Å². The van der Waals surface area contributed by atoms with Crippen LogP contribution >= 0.6 is 11.6 Å². The predicted molar refractivity (Wildman–Crippen MR) is 72.7 cm³/mol. The molecule has 0 aliphatic heterocycles. The van der Waals surface area contributed by atoms with Crippen molar-refractivity contribution in [2.45, 2.75) is 37.8 Å². The lowest BCUT2D eigenvalue weighted by molar-refractivity contribution is 0.552. The van der Waals surface area contributed by atoms with Crippen molar-refractivity contribution in [3.05, 3.63) is 29.0 Å². The van der Waals surface area contributed by atoms with Crippen LogP contribution in [-0.2, 0) is 0 Å². The van der Waals surface area contributed by atoms with E-state index < -0.39 is 0 Å². The Morgan fingerprint density at radius 2 is 2.06 bits per heavy atom. The minimum absolute atomic E-state index is 0.0778. The van der Waals surface area contributed by atoms with E-state index in [1.54, 1.807) is 0 Å². The molecule has 2 aliphatic carbocycles. The zero-order chi connectivity index (χ0) is 12.3. The summed E-state index contributed by atoms with van der Waals surface area (Å²) in [6.45, 7) is 0. The topological polar surface area (TPSA) is 43.8 Å². The van der Waals surface area contributed by atoms with Crippen LogP contribution in [0.5, 0.6) is 0 Å². The maximum atomic E-state index is 6.35. The van der Waals surface area contributed by atoms with Crippen LogP contribution in [0, 0.1) is 5.92 Å². The summed E-state index contributed by atoms with van der Waals surface area (Å²) < 4.78 is 2.31. The minimum Gasteiger partial charge on any atom is -0.322 e. The summed E-state index contributed by atoms with van der Waals surface area (Å²) >= 11 is 6.35. The molecule has 2 fully saturated rings. The molecule has 0 radical (unpaired) electrons. The summed E-state index contributed by atoms with van der Waals surface area (Å²) in [5.41, 5.74) is 8.42. The Morgan fingerprint density at radius 3 is 2.72 bits per heavy atom. The lowest BCUT2D eigenvalue weighted by atomic mass is 10.2. The Hall–Kier alpha value is -1.06. The first-order valence-corrected chi connectivity index (χ1v) is 7.05. The fourth-order valence-electron chi connectivity index (χ4n) is 2.73. The first kappa shape index (κ1) is 10.8. The van der Waals surface area contributed by atoms with E-state index in [0.717, 1.165) is 21.9 Å². The molecule has 0 spiro atoms. The quantitative estimate of drug-likeness (QED) is 0.920. The third-order valence-corrected chi connectivity index (χ3v) is 4.33. The van der Waals surface area contributed by atoms with Crippen LogP contribution in [0.2, 0.25) is 5.02 Å². The lowest BCUT2D eigenvalue weighted by Crippen LogP contribution is -2.18. The van der Waals surface area contributed by atoms with Gasteiger partial charge in [0.2, 0.25) is 0 Å². The van der Waals surface area contributed by atoms with Gasteiger partial charge in [0.25, 0.3) is 0 Å². The Kier molecular flexibility index (Phi) is 2.24. The Morgan fingerprint density at radius 1 is 1.28 bits per heavy atom. The number of nitrogens with zero attached hydrogens (tertiary/aromatic N) is 2. The lowest BCUT2D eigenvalue weighted by Gasteiger charge is -2.13. The van der Waals surface area contributed by atoms with Gasteiger partial charge in [0.05, 0.1) is 22.1 Å². The van der Waals surface area contributed by atoms with Crippen LogP contribution in [0.3, 0.4) is 0 Å². The van der Waals surface area contributed by atoms with Crippen molar-refractivity contribution in [1.82, 2.24) is 9.55 Å². The standard InChI is InChI=1S/C14H16ClN3/c15-10-2-1-3-11-13(10)18(9-6-7-9)14(17-11)12(16)8-4-5-8/h1-3,8-9,12H,4-7,16H2. The number of nitrogens with two attached hydrogens (primary N) is 1. The number of fused-ring (bicyclic) bond motifs is 1. The number of imidazole rings is 1. The van der Waals surface area contributed by atoms with E-state index in [1.165, 1.54) is 25.7 Å². The van der Waals surface area contributed by atoms with Crippen molar-refractivity contribution >= 4 is 22.6 Å². The van der Waals surface area contributed by atoms with Gasteiger partial charge in [0, 0.05) is 6.04 Å². The first-order valence-electron chi connectivity index (χ1n) is 6.67. The Labute approximate surface area is 111 Å². The van der Waals surface area contributed by atoms with Crippen LogP contribution < -0.4 is 5.73 Å². The predicted octanol–water partition coefficient (Wildman–Crippen LogP) is 3.43. The highest BCUT2D eigenvalue weighted by Crippen LogP contribution is 2.45. The molecule has 2 N–H and O–H groups in total. The molecule has 1 heterocycles. The van der Waals surface area contributed by atoms with E-state index in [0.29, 0.717) is 12.0 Å². The number of rotatable bonds is 3. The molecule has 2 aromatic rings. The summed E-state index contributed by atoms with van der Waals surface area (Å²) in [4.78, 5) is 4.75. The molecule has 2 aliphatic rings. The summed E-state index contributed by atoms with van der Waals surface area (Å²) in [5.74, 6) is 1.67. The third kappa shape index (κ3) is 1.57. The number of benzene rings is 1. The van der Waals surface area contributed by atoms with Crippen molar-refractivity contribution < 1.29 is 0 Å². The van der Waals surface area contributed by atoms with E-state index in [2.05, 4.69) is 4.57 Å². The molecular weight excluding hydrogens is 246 g/mol. The van der Waals surface area contributed by atoms with Gasteiger partial charge in [0.15, 0.2) is 0 Å². The van der Waals surface area contributed by atoms with Crippen molar-refractivity contribution in [1.29, 1.82) is 0 Å². The van der Waals surface area contributed by atoms with Crippen LogP contribution in [0.15, 0.2) is 18.2 Å². The van der Waals surface area contributed by atoms with Crippen LogP contribution in [0.1, 0.15) is 43.6 Å². The van der Waals surface area contributed by atoms with E-state index in [4.69, 9.17) is 22.3 Å². The van der Waals surface area contributed by atoms with Gasteiger partial charge < -0.3 is 10.3 Å². The molecule has 4 rings (SSSR count). The summed E-state index contributed by atoms with van der Waals surface area (Å²) in [6.07, 6.45) is 4.92. The summed E-state index contributed by atoms with van der Waals surface area (Å²) in [7, 11) is 0. The molecule has 3 nitrogen and oxygen atoms in total. The summed E-state index contributed by atoms with van der Waals surface area (Å²) in [5, 5.41) is 0.793. The molecule has 1 aromatic heterocycles. The van der Waals surface area contributed by atoms with Crippen LogP contribution in [0.25, 0.3) is 11.0 Å². The molecule has 0 saturated heterocycles. The van der Waals surface area contributed by atoms with Crippen LogP contribution in [-0.4, -0.2) is 9.55 Å². The van der Waals surface area contributed by atoms with Crippen LogP contribution in [0.4, 0.5) is 0 Å². The maximum absolute atomic E-state index is 6.35. The number of halogens is 1. The van der Waals surface area contributed by atoms with Gasteiger partial charge in [-0.15, -0.1) is 0 Å². The second kappa shape index (κ2) is 3.72. The van der Waals surface area contributed by atoms with Crippen molar-refractivity contribution in [3.8, 4) is 0 Å². The second-order valence-corrected chi connectivity index (χ2v) is 5.95. The largest absolute Gasteiger partial charge is 0.322 e. The number of hydrogen-bond acceptors (Lipinski definition) is 2. The molecule has 18 heavy (non-hydrogen) atoms. The van der Waals surface area contributed by atoms with Gasteiger partial charge in [-0.2, -0.15) is 0 Å². The molecular formula is C14H16ClN3. The van der Waals surface area contributed by atoms with Gasteiger partial charge in [-0.3, -0.25) is 0 Å². The highest BCUT2D eigenvalue weighted by molar-refractivity contribution is 6.35. The molecule has 4 heteroatoms. The summed E-state index contributed by atoms with van der Waals surface area (Å²) in [6, 6.07) is 6.57. The highest BCUT2D eigenvalue weighted by Gasteiger charge is 2.36. The fraction of sp³-hybridized carbons (Fsp3) is 0.500. The SMILES string of the molecule is NC(c1nc2cccc(Cl)c2n1C1CC1)C1CC1. The van der Waals surface area contributed by atoms with Gasteiger partial charge in [-0.25, -0.2) is 4.98 Å². The van der Waals surface area contributed by atoms with E-state index in [9.17, 15) is 0 Å². The minimum atomic E-state index is 0.0778. The van der Waals surface area contributed by atoms with Crippen molar-refractivity contribution in [2.75, 3.05) is 0 Å². The normalized spacial score (nSPS) is 21.4. The first-order chi connectivity index (χ1) is 8.75. The monoisotopic (exact) mass is 261 g/mol. The molecule has 0 bridgehead atoms. The molecule has 94 valence electrons. The smallest absolute Gasteiger partial charge is 0.127 e. The average molecular weight is 262 g/mol. The Balaban J connectivity index is 1.95.